The minimum atomic E-state index is -0.562. The number of thiocarbonyl (C=S) groups is 1. The maximum atomic E-state index is 11.7. The highest BCUT2D eigenvalue weighted by Gasteiger charge is 2.13. The topological polar surface area (TPSA) is 73.6 Å². The lowest BCUT2D eigenvalue weighted by atomic mass is 10.1. The molecule has 0 spiro atoms. The summed E-state index contributed by atoms with van der Waals surface area (Å²) in [6.45, 7) is 2.65. The lowest BCUT2D eigenvalue weighted by Crippen LogP contribution is -2.37. The molecule has 110 valence electrons. The van der Waals surface area contributed by atoms with Crippen molar-refractivity contribution in [2.75, 3.05) is 20.3 Å². The molecule has 0 aliphatic heterocycles. The van der Waals surface area contributed by atoms with Gasteiger partial charge in [0.1, 0.15) is 5.75 Å². The summed E-state index contributed by atoms with van der Waals surface area (Å²) < 4.78 is 10.4. The smallest absolute Gasteiger partial charge is 0.260 e. The molecule has 1 aromatic carbocycles. The fraction of sp³-hybridized carbons (Fsp3) is 0.429. The molecule has 0 aliphatic rings. The summed E-state index contributed by atoms with van der Waals surface area (Å²) in [4.78, 5) is 12.2. The molecular weight excluding hydrogens is 276 g/mol. The van der Waals surface area contributed by atoms with Gasteiger partial charge in [0, 0.05) is 20.1 Å². The van der Waals surface area contributed by atoms with Crippen molar-refractivity contribution >= 4 is 23.1 Å². The molecule has 1 amide bonds. The third-order valence-corrected chi connectivity index (χ3v) is 2.73. The molecule has 6 heteroatoms. The van der Waals surface area contributed by atoms with Crippen LogP contribution in [0.3, 0.4) is 0 Å². The van der Waals surface area contributed by atoms with Crippen LogP contribution in [0.15, 0.2) is 24.3 Å². The van der Waals surface area contributed by atoms with Gasteiger partial charge in [-0.2, -0.15) is 0 Å². The Morgan fingerprint density at radius 2 is 2.05 bits per heavy atom. The molecule has 0 saturated carbocycles. The Labute approximate surface area is 124 Å². The third-order valence-electron chi connectivity index (χ3n) is 2.59. The minimum Gasteiger partial charge on any atom is -0.481 e. The van der Waals surface area contributed by atoms with E-state index in [4.69, 9.17) is 27.4 Å². The highest BCUT2D eigenvalue weighted by molar-refractivity contribution is 7.80. The minimum absolute atomic E-state index is 0.172. The lowest BCUT2D eigenvalue weighted by Gasteiger charge is -2.14. The van der Waals surface area contributed by atoms with Gasteiger partial charge in [0.25, 0.3) is 5.91 Å². The van der Waals surface area contributed by atoms with Crippen molar-refractivity contribution in [1.29, 1.82) is 0 Å². The van der Waals surface area contributed by atoms with Crippen molar-refractivity contribution in [3.8, 4) is 5.75 Å². The van der Waals surface area contributed by atoms with E-state index < -0.39 is 6.10 Å². The number of nitrogens with one attached hydrogen (secondary N) is 1. The maximum Gasteiger partial charge on any atom is 0.260 e. The van der Waals surface area contributed by atoms with Crippen molar-refractivity contribution in [1.82, 2.24) is 5.32 Å². The molecule has 3 N–H and O–H groups in total. The molecule has 0 aromatic heterocycles. The summed E-state index contributed by atoms with van der Waals surface area (Å²) in [5.74, 6) is 0.459. The van der Waals surface area contributed by atoms with Gasteiger partial charge in [0.15, 0.2) is 6.10 Å². The summed E-state index contributed by atoms with van der Waals surface area (Å²) >= 11 is 4.85. The molecule has 0 radical (unpaired) electrons. The first-order chi connectivity index (χ1) is 9.52. The number of hydrogen-bond donors (Lipinski definition) is 2. The molecule has 1 aromatic rings. The summed E-state index contributed by atoms with van der Waals surface area (Å²) in [5, 5.41) is 2.72. The van der Waals surface area contributed by atoms with Crippen LogP contribution in [-0.2, 0) is 16.0 Å². The van der Waals surface area contributed by atoms with Crippen LogP contribution in [0.25, 0.3) is 0 Å². The van der Waals surface area contributed by atoms with E-state index in [1.54, 1.807) is 26.2 Å². The van der Waals surface area contributed by atoms with Gasteiger partial charge in [-0.3, -0.25) is 4.79 Å². The number of carbonyl (C=O) groups is 1. The Kier molecular flexibility index (Phi) is 6.97. The number of hydrogen-bond acceptors (Lipinski definition) is 4. The first-order valence-corrected chi connectivity index (χ1v) is 6.74. The van der Waals surface area contributed by atoms with Gasteiger partial charge in [-0.05, 0) is 24.6 Å². The van der Waals surface area contributed by atoms with E-state index in [9.17, 15) is 4.79 Å². The second kappa shape index (κ2) is 8.50. The monoisotopic (exact) mass is 296 g/mol. The molecule has 1 rings (SSSR count). The van der Waals surface area contributed by atoms with Crippen molar-refractivity contribution in [2.24, 2.45) is 5.73 Å². The maximum absolute atomic E-state index is 11.7. The fourth-order valence-electron chi connectivity index (χ4n) is 1.56. The number of rotatable bonds is 8. The second-order valence-corrected chi connectivity index (χ2v) is 4.86. The Bertz CT molecular complexity index is 448. The fourth-order valence-corrected chi connectivity index (χ4v) is 1.73. The Morgan fingerprint density at radius 3 is 2.60 bits per heavy atom. The zero-order valence-electron chi connectivity index (χ0n) is 11.7. The number of ether oxygens (including phenoxy) is 2. The van der Waals surface area contributed by atoms with Crippen molar-refractivity contribution in [3.05, 3.63) is 29.8 Å². The first kappa shape index (κ1) is 16.4. The molecule has 1 unspecified atom stereocenters. The van der Waals surface area contributed by atoms with Gasteiger partial charge in [-0.25, -0.2) is 0 Å². The van der Waals surface area contributed by atoms with E-state index in [2.05, 4.69) is 5.32 Å². The Morgan fingerprint density at radius 1 is 1.40 bits per heavy atom. The van der Waals surface area contributed by atoms with Crippen LogP contribution >= 0.6 is 12.2 Å². The average Bonchev–Trinajstić information content (AvgIpc) is 2.40. The number of nitrogens with two attached hydrogens (primary N) is 1. The van der Waals surface area contributed by atoms with Crippen LogP contribution in [0.4, 0.5) is 0 Å². The van der Waals surface area contributed by atoms with E-state index >= 15 is 0 Å². The zero-order chi connectivity index (χ0) is 15.0. The highest BCUT2D eigenvalue weighted by atomic mass is 32.1. The normalized spacial score (nSPS) is 11.7. The molecule has 0 aliphatic carbocycles. The second-order valence-electron chi connectivity index (χ2n) is 4.33. The summed E-state index contributed by atoms with van der Waals surface area (Å²) in [6.07, 6.45) is -0.00356. The molecule has 1 atom stereocenters. The van der Waals surface area contributed by atoms with Crippen LogP contribution < -0.4 is 15.8 Å². The molecule has 0 bridgehead atoms. The van der Waals surface area contributed by atoms with Crippen molar-refractivity contribution in [3.63, 3.8) is 0 Å². The van der Waals surface area contributed by atoms with Gasteiger partial charge >= 0.3 is 0 Å². The van der Waals surface area contributed by atoms with Crippen LogP contribution in [0.1, 0.15) is 12.5 Å². The molecule has 20 heavy (non-hydrogen) atoms. The number of methoxy groups -OCH3 is 1. The summed E-state index contributed by atoms with van der Waals surface area (Å²) in [7, 11) is 1.58. The van der Waals surface area contributed by atoms with Crippen LogP contribution in [-0.4, -0.2) is 37.3 Å². The van der Waals surface area contributed by atoms with Crippen LogP contribution in [0, 0.1) is 0 Å². The number of carbonyl (C=O) groups excluding carboxylic acids is 1. The van der Waals surface area contributed by atoms with Crippen molar-refractivity contribution in [2.45, 2.75) is 19.4 Å². The van der Waals surface area contributed by atoms with Crippen LogP contribution in [0.2, 0.25) is 0 Å². The lowest BCUT2D eigenvalue weighted by molar-refractivity contribution is -0.127. The standard InChI is InChI=1S/C14H20N2O3S/c1-10(14(17)16-7-8-18-2)19-12-5-3-11(4-6-12)9-13(15)20/h3-6,10H,7-9H2,1-2H3,(H2,15,20)(H,16,17). The van der Waals surface area contributed by atoms with Gasteiger partial charge in [0.2, 0.25) is 0 Å². The van der Waals surface area contributed by atoms with E-state index in [0.717, 1.165) is 5.56 Å². The molecule has 0 saturated heterocycles. The Balaban J connectivity index is 2.47. The van der Waals surface area contributed by atoms with Gasteiger partial charge in [0.05, 0.1) is 11.6 Å². The highest BCUT2D eigenvalue weighted by Crippen LogP contribution is 2.14. The predicted octanol–water partition coefficient (Wildman–Crippen LogP) is 1.05. The van der Waals surface area contributed by atoms with Gasteiger partial charge in [-0.15, -0.1) is 0 Å². The number of amides is 1. The average molecular weight is 296 g/mol. The largest absolute Gasteiger partial charge is 0.481 e. The molecular formula is C14H20N2O3S. The van der Waals surface area contributed by atoms with Crippen LogP contribution in [0.5, 0.6) is 5.75 Å². The van der Waals surface area contributed by atoms with E-state index in [0.29, 0.717) is 30.3 Å². The summed E-state index contributed by atoms with van der Waals surface area (Å²) in [6, 6.07) is 7.35. The number of benzene rings is 1. The van der Waals surface area contributed by atoms with Gasteiger partial charge in [-0.1, -0.05) is 24.4 Å². The van der Waals surface area contributed by atoms with Crippen molar-refractivity contribution < 1.29 is 14.3 Å². The predicted molar refractivity (Wildman–Crippen MR) is 81.9 cm³/mol. The molecule has 5 nitrogen and oxygen atoms in total. The third kappa shape index (κ3) is 5.99. The molecule has 0 heterocycles. The van der Waals surface area contributed by atoms with E-state index in [1.807, 2.05) is 12.1 Å². The zero-order valence-corrected chi connectivity index (χ0v) is 12.5. The SMILES string of the molecule is COCCNC(=O)C(C)Oc1ccc(CC(N)=S)cc1. The Hall–Kier alpha value is -1.66. The van der Waals surface area contributed by atoms with E-state index in [-0.39, 0.29) is 5.91 Å². The quantitative estimate of drug-likeness (QED) is 0.554. The summed E-state index contributed by atoms with van der Waals surface area (Å²) in [5.41, 5.74) is 6.49. The first-order valence-electron chi connectivity index (χ1n) is 6.33. The molecule has 0 fully saturated rings. The van der Waals surface area contributed by atoms with Gasteiger partial charge < -0.3 is 20.5 Å². The van der Waals surface area contributed by atoms with E-state index in [1.165, 1.54) is 0 Å².